The summed E-state index contributed by atoms with van der Waals surface area (Å²) in [6, 6.07) is 11.8. The van der Waals surface area contributed by atoms with Crippen LogP contribution in [0.2, 0.25) is 0 Å². The number of aromatic amines is 1. The number of aromatic nitrogens is 3. The third-order valence-electron chi connectivity index (χ3n) is 4.42. The largest absolute Gasteiger partial charge is 0.368 e. The fourth-order valence-electron chi connectivity index (χ4n) is 3.12. The summed E-state index contributed by atoms with van der Waals surface area (Å²) in [5, 5.41) is 2.84. The van der Waals surface area contributed by atoms with Crippen molar-refractivity contribution in [3.05, 3.63) is 60.3 Å². The van der Waals surface area contributed by atoms with Gasteiger partial charge in [-0.2, -0.15) is 0 Å². The molecule has 3 heterocycles. The highest BCUT2D eigenvalue weighted by molar-refractivity contribution is 5.81. The summed E-state index contributed by atoms with van der Waals surface area (Å²) in [5.41, 5.74) is 2.61. The Morgan fingerprint density at radius 3 is 2.96 bits per heavy atom. The summed E-state index contributed by atoms with van der Waals surface area (Å²) in [7, 11) is 0. The van der Waals surface area contributed by atoms with Crippen LogP contribution in [0.25, 0.3) is 22.6 Å². The second-order valence-electron chi connectivity index (χ2n) is 6.35. The maximum Gasteiger partial charge on any atom is 0.249 e. The van der Waals surface area contributed by atoms with E-state index in [1.807, 2.05) is 18.2 Å². The van der Waals surface area contributed by atoms with Crippen molar-refractivity contribution in [1.82, 2.24) is 20.3 Å². The van der Waals surface area contributed by atoms with Gasteiger partial charge >= 0.3 is 0 Å². The van der Waals surface area contributed by atoms with Crippen molar-refractivity contribution < 1.29 is 13.9 Å². The molecule has 0 spiro atoms. The number of ether oxygens (including phenoxy) is 1. The van der Waals surface area contributed by atoms with Gasteiger partial charge < -0.3 is 15.0 Å². The van der Waals surface area contributed by atoms with E-state index in [1.54, 1.807) is 18.3 Å². The van der Waals surface area contributed by atoms with E-state index in [0.717, 1.165) is 12.8 Å². The molecular weight excluding hydrogens is 347 g/mol. The molecule has 2 aromatic heterocycles. The van der Waals surface area contributed by atoms with Gasteiger partial charge in [-0.3, -0.25) is 9.78 Å². The number of H-pyrrole nitrogens is 1. The zero-order chi connectivity index (χ0) is 18.6. The average Bonchev–Trinajstić information content (AvgIpc) is 3.37. The molecule has 6 nitrogen and oxygen atoms in total. The SMILES string of the molecule is O=C(NCc1nc(-c2cccc(F)c2)c(-c2ccccn2)[nH]1)[C@H]1CCCO1. The molecule has 0 bridgehead atoms. The van der Waals surface area contributed by atoms with E-state index in [9.17, 15) is 9.18 Å². The second kappa shape index (κ2) is 7.67. The highest BCUT2D eigenvalue weighted by atomic mass is 19.1. The monoisotopic (exact) mass is 366 g/mol. The number of imidazole rings is 1. The third-order valence-corrected chi connectivity index (χ3v) is 4.42. The first-order valence-electron chi connectivity index (χ1n) is 8.86. The van der Waals surface area contributed by atoms with Gasteiger partial charge in [0.2, 0.25) is 5.91 Å². The molecule has 2 N–H and O–H groups in total. The zero-order valence-corrected chi connectivity index (χ0v) is 14.6. The molecule has 27 heavy (non-hydrogen) atoms. The smallest absolute Gasteiger partial charge is 0.249 e. The summed E-state index contributed by atoms with van der Waals surface area (Å²) in [5.74, 6) is 0.0903. The molecule has 0 radical (unpaired) electrons. The molecule has 3 aromatic rings. The first-order chi connectivity index (χ1) is 13.2. The Morgan fingerprint density at radius 1 is 1.30 bits per heavy atom. The molecule has 0 unspecified atom stereocenters. The maximum atomic E-state index is 13.7. The van der Waals surface area contributed by atoms with E-state index >= 15 is 0 Å². The van der Waals surface area contributed by atoms with Gasteiger partial charge in [-0.1, -0.05) is 18.2 Å². The first-order valence-corrected chi connectivity index (χ1v) is 8.86. The molecule has 138 valence electrons. The topological polar surface area (TPSA) is 79.9 Å². The molecule has 1 fully saturated rings. The van der Waals surface area contributed by atoms with Crippen LogP contribution in [0.1, 0.15) is 18.7 Å². The van der Waals surface area contributed by atoms with Crippen LogP contribution in [0, 0.1) is 5.82 Å². The Hall–Kier alpha value is -3.06. The summed E-state index contributed by atoms with van der Waals surface area (Å²) in [6.07, 6.45) is 2.92. The van der Waals surface area contributed by atoms with Crippen molar-refractivity contribution in [2.75, 3.05) is 6.61 Å². The molecular formula is C20H19FN4O2. The average molecular weight is 366 g/mol. The standard InChI is InChI=1S/C20H19FN4O2/c21-14-6-3-5-13(11-14)18-19(15-7-1-2-9-22-15)25-17(24-18)12-23-20(26)16-8-4-10-27-16/h1-3,5-7,9,11,16H,4,8,10,12H2,(H,23,26)(H,24,25)/t16-/m1/s1. The van der Waals surface area contributed by atoms with Crippen LogP contribution in [0.4, 0.5) is 4.39 Å². The van der Waals surface area contributed by atoms with E-state index < -0.39 is 6.10 Å². The van der Waals surface area contributed by atoms with Gasteiger partial charge in [0.1, 0.15) is 17.7 Å². The number of amides is 1. The van der Waals surface area contributed by atoms with Crippen molar-refractivity contribution in [2.24, 2.45) is 0 Å². The number of halogens is 1. The molecule has 1 saturated heterocycles. The third kappa shape index (κ3) is 3.88. The van der Waals surface area contributed by atoms with Gasteiger partial charge in [0.15, 0.2) is 0 Å². The zero-order valence-electron chi connectivity index (χ0n) is 14.6. The fourth-order valence-corrected chi connectivity index (χ4v) is 3.12. The quantitative estimate of drug-likeness (QED) is 0.727. The van der Waals surface area contributed by atoms with Crippen LogP contribution in [-0.2, 0) is 16.1 Å². The Labute approximate surface area is 155 Å². The number of rotatable bonds is 5. The van der Waals surface area contributed by atoms with Gasteiger partial charge in [0, 0.05) is 18.4 Å². The number of benzene rings is 1. The van der Waals surface area contributed by atoms with Crippen molar-refractivity contribution in [3.8, 4) is 22.6 Å². The molecule has 1 aliphatic rings. The molecule has 0 saturated carbocycles. The van der Waals surface area contributed by atoms with Crippen molar-refractivity contribution in [2.45, 2.75) is 25.5 Å². The molecule has 0 aliphatic carbocycles. The van der Waals surface area contributed by atoms with E-state index in [2.05, 4.69) is 20.3 Å². The number of hydrogen-bond acceptors (Lipinski definition) is 4. The van der Waals surface area contributed by atoms with E-state index in [1.165, 1.54) is 12.1 Å². The van der Waals surface area contributed by atoms with Gasteiger partial charge in [-0.05, 0) is 37.1 Å². The minimum atomic E-state index is -0.391. The molecule has 1 atom stereocenters. The lowest BCUT2D eigenvalue weighted by Gasteiger charge is -2.08. The Balaban J connectivity index is 1.62. The lowest BCUT2D eigenvalue weighted by molar-refractivity contribution is -0.130. The van der Waals surface area contributed by atoms with Gasteiger partial charge in [0.25, 0.3) is 0 Å². The number of nitrogens with zero attached hydrogens (tertiary/aromatic N) is 2. The van der Waals surface area contributed by atoms with Crippen LogP contribution in [0.3, 0.4) is 0 Å². The molecule has 1 aliphatic heterocycles. The van der Waals surface area contributed by atoms with Gasteiger partial charge in [-0.25, -0.2) is 9.37 Å². The van der Waals surface area contributed by atoms with Gasteiger partial charge in [0.05, 0.1) is 23.6 Å². The predicted octanol–water partition coefficient (Wildman–Crippen LogP) is 3.07. The normalized spacial score (nSPS) is 16.4. The lowest BCUT2D eigenvalue weighted by Crippen LogP contribution is -2.33. The van der Waals surface area contributed by atoms with Crippen LogP contribution in [0.15, 0.2) is 48.7 Å². The number of pyridine rings is 1. The number of carbonyl (C=O) groups excluding carboxylic acids is 1. The highest BCUT2D eigenvalue weighted by Gasteiger charge is 2.23. The number of nitrogens with one attached hydrogen (secondary N) is 2. The van der Waals surface area contributed by atoms with Crippen LogP contribution < -0.4 is 5.32 Å². The number of hydrogen-bond donors (Lipinski definition) is 2. The highest BCUT2D eigenvalue weighted by Crippen LogP contribution is 2.29. The Kier molecular flexibility index (Phi) is 4.93. The van der Waals surface area contributed by atoms with Crippen molar-refractivity contribution in [3.63, 3.8) is 0 Å². The summed E-state index contributed by atoms with van der Waals surface area (Å²) < 4.78 is 19.1. The molecule has 1 aromatic carbocycles. The van der Waals surface area contributed by atoms with E-state index in [4.69, 9.17) is 4.74 Å². The number of carbonyl (C=O) groups is 1. The predicted molar refractivity (Wildman–Crippen MR) is 98.0 cm³/mol. The van der Waals surface area contributed by atoms with Crippen molar-refractivity contribution in [1.29, 1.82) is 0 Å². The summed E-state index contributed by atoms with van der Waals surface area (Å²) in [4.78, 5) is 24.3. The second-order valence-corrected chi connectivity index (χ2v) is 6.35. The van der Waals surface area contributed by atoms with Gasteiger partial charge in [-0.15, -0.1) is 0 Å². The Morgan fingerprint density at radius 2 is 2.22 bits per heavy atom. The minimum Gasteiger partial charge on any atom is -0.368 e. The molecule has 1 amide bonds. The van der Waals surface area contributed by atoms with Crippen LogP contribution in [-0.4, -0.2) is 33.6 Å². The van der Waals surface area contributed by atoms with E-state index in [0.29, 0.717) is 35.1 Å². The lowest BCUT2D eigenvalue weighted by atomic mass is 10.1. The molecule has 7 heteroatoms. The fraction of sp³-hybridized carbons (Fsp3) is 0.250. The Bertz CT molecular complexity index is 936. The summed E-state index contributed by atoms with van der Waals surface area (Å²) >= 11 is 0. The van der Waals surface area contributed by atoms with E-state index in [-0.39, 0.29) is 18.3 Å². The van der Waals surface area contributed by atoms with Crippen LogP contribution in [0.5, 0.6) is 0 Å². The van der Waals surface area contributed by atoms with Crippen molar-refractivity contribution >= 4 is 5.91 Å². The minimum absolute atomic E-state index is 0.143. The molecule has 4 rings (SSSR count). The van der Waals surface area contributed by atoms with Crippen LogP contribution >= 0.6 is 0 Å². The maximum absolute atomic E-state index is 13.7. The summed E-state index contributed by atoms with van der Waals surface area (Å²) in [6.45, 7) is 0.847. The first kappa shape index (κ1) is 17.4.